The maximum Gasteiger partial charge on any atom is 0.417 e. The normalized spacial score (nSPS) is 17.7. The van der Waals surface area contributed by atoms with E-state index in [-0.39, 0.29) is 10.8 Å². The number of rotatable bonds is 4. The van der Waals surface area contributed by atoms with E-state index in [1.165, 1.54) is 6.92 Å². The van der Waals surface area contributed by atoms with Crippen molar-refractivity contribution in [1.29, 1.82) is 0 Å². The number of pyridine rings is 1. The number of nitrogens with one attached hydrogen (secondary N) is 1. The average molecular weight is 419 g/mol. The van der Waals surface area contributed by atoms with Crippen LogP contribution < -0.4 is 10.2 Å². The van der Waals surface area contributed by atoms with E-state index >= 15 is 0 Å². The predicted molar refractivity (Wildman–Crippen MR) is 86.6 cm³/mol. The first-order valence-electron chi connectivity index (χ1n) is 7.94. The molecule has 12 heteroatoms. The first-order chi connectivity index (χ1) is 12.4. The summed E-state index contributed by atoms with van der Waals surface area (Å²) in [6.45, 7) is 1.36. The van der Waals surface area contributed by atoms with Gasteiger partial charge in [-0.2, -0.15) is 26.3 Å². The predicted octanol–water partition coefficient (Wildman–Crippen LogP) is 2.94. The van der Waals surface area contributed by atoms with Crippen molar-refractivity contribution in [1.82, 2.24) is 15.2 Å². The number of alkyl halides is 6. The highest BCUT2D eigenvalue weighted by atomic mass is 35.5. The summed E-state index contributed by atoms with van der Waals surface area (Å²) in [7, 11) is 0. The van der Waals surface area contributed by atoms with Crippen LogP contribution in [0.5, 0.6) is 0 Å². The topological polar surface area (TPSA) is 48.5 Å². The number of anilines is 1. The minimum atomic E-state index is -4.55. The lowest BCUT2D eigenvalue weighted by molar-refractivity contribution is -0.141. The van der Waals surface area contributed by atoms with Crippen LogP contribution in [0.2, 0.25) is 5.02 Å². The molecule has 2 heterocycles. The molecule has 0 aliphatic carbocycles. The Hall–Kier alpha value is -1.75. The van der Waals surface area contributed by atoms with Gasteiger partial charge in [-0.1, -0.05) is 11.6 Å². The molecule has 1 aliphatic rings. The van der Waals surface area contributed by atoms with Gasteiger partial charge in [0.2, 0.25) is 5.91 Å². The second kappa shape index (κ2) is 8.09. The van der Waals surface area contributed by atoms with Gasteiger partial charge in [0, 0.05) is 32.4 Å². The van der Waals surface area contributed by atoms with Crippen LogP contribution in [0.3, 0.4) is 0 Å². The van der Waals surface area contributed by atoms with E-state index in [4.69, 9.17) is 11.6 Å². The molecule has 0 aromatic carbocycles. The van der Waals surface area contributed by atoms with Crippen molar-refractivity contribution in [3.63, 3.8) is 0 Å². The van der Waals surface area contributed by atoms with Gasteiger partial charge in [-0.3, -0.25) is 9.69 Å². The van der Waals surface area contributed by atoms with E-state index in [1.807, 2.05) is 5.32 Å². The number of halogens is 7. The molecule has 1 saturated heterocycles. The zero-order valence-electron chi connectivity index (χ0n) is 14.2. The Morgan fingerprint density at radius 1 is 1.22 bits per heavy atom. The van der Waals surface area contributed by atoms with Crippen LogP contribution in [-0.4, -0.2) is 60.7 Å². The van der Waals surface area contributed by atoms with Crippen LogP contribution in [0.1, 0.15) is 12.5 Å². The van der Waals surface area contributed by atoms with Gasteiger partial charge in [-0.25, -0.2) is 4.98 Å². The van der Waals surface area contributed by atoms with Gasteiger partial charge >= 0.3 is 12.4 Å². The number of carbonyl (C=O) groups excluding carboxylic acids is 1. The highest BCUT2D eigenvalue weighted by Gasteiger charge is 2.33. The van der Waals surface area contributed by atoms with E-state index in [0.29, 0.717) is 32.4 Å². The van der Waals surface area contributed by atoms with Gasteiger partial charge in [0.25, 0.3) is 0 Å². The molecule has 1 atom stereocenters. The van der Waals surface area contributed by atoms with Crippen molar-refractivity contribution in [2.24, 2.45) is 0 Å². The fourth-order valence-electron chi connectivity index (χ4n) is 2.64. The molecule has 0 radical (unpaired) electrons. The number of amides is 1. The first-order valence-corrected chi connectivity index (χ1v) is 8.32. The quantitative estimate of drug-likeness (QED) is 0.764. The van der Waals surface area contributed by atoms with Crippen molar-refractivity contribution in [3.8, 4) is 0 Å². The number of hydrogen-bond donors (Lipinski definition) is 1. The molecule has 1 unspecified atom stereocenters. The van der Waals surface area contributed by atoms with Crippen molar-refractivity contribution in [2.75, 3.05) is 37.6 Å². The summed E-state index contributed by atoms with van der Waals surface area (Å²) in [5.74, 6) is -0.551. The standard InChI is InChI=1S/C15H17ClF6N4O/c1-9(13(27)24-8-14(17,18)19)25-2-4-26(5-3-25)12-11(16)6-10(7-23-12)15(20,21)22/h6-7,9H,2-5,8H2,1H3,(H,24,27). The molecule has 0 bridgehead atoms. The Morgan fingerprint density at radius 3 is 2.30 bits per heavy atom. The monoisotopic (exact) mass is 418 g/mol. The molecule has 2 rings (SSSR count). The minimum Gasteiger partial charge on any atom is -0.353 e. The zero-order valence-corrected chi connectivity index (χ0v) is 14.9. The van der Waals surface area contributed by atoms with Crippen molar-refractivity contribution in [3.05, 3.63) is 22.8 Å². The number of hydrogen-bond acceptors (Lipinski definition) is 4. The summed E-state index contributed by atoms with van der Waals surface area (Å²) in [5.41, 5.74) is -0.954. The van der Waals surface area contributed by atoms with Gasteiger partial charge in [0.05, 0.1) is 16.6 Å². The van der Waals surface area contributed by atoms with Crippen LogP contribution in [0.15, 0.2) is 12.3 Å². The van der Waals surface area contributed by atoms with E-state index in [0.717, 1.165) is 6.07 Å². The molecule has 1 aromatic rings. The lowest BCUT2D eigenvalue weighted by atomic mass is 10.2. The van der Waals surface area contributed by atoms with Gasteiger partial charge in [-0.05, 0) is 13.0 Å². The SMILES string of the molecule is CC(C(=O)NCC(F)(F)F)N1CCN(c2ncc(C(F)(F)F)cc2Cl)CC1. The summed E-state index contributed by atoms with van der Waals surface area (Å²) >= 11 is 5.91. The Labute approximate surface area is 156 Å². The lowest BCUT2D eigenvalue weighted by Gasteiger charge is -2.38. The third-order valence-corrected chi connectivity index (χ3v) is 4.43. The Balaban J connectivity index is 1.94. The smallest absolute Gasteiger partial charge is 0.353 e. The van der Waals surface area contributed by atoms with Gasteiger partial charge in [-0.15, -0.1) is 0 Å². The molecule has 1 N–H and O–H groups in total. The maximum atomic E-state index is 12.7. The second-order valence-electron chi connectivity index (χ2n) is 6.06. The molecule has 5 nitrogen and oxygen atoms in total. The van der Waals surface area contributed by atoms with E-state index in [2.05, 4.69) is 4.98 Å². The molecule has 1 aliphatic heterocycles. The van der Waals surface area contributed by atoms with E-state index in [9.17, 15) is 31.1 Å². The van der Waals surface area contributed by atoms with Crippen LogP contribution in [0.4, 0.5) is 32.2 Å². The largest absolute Gasteiger partial charge is 0.417 e. The summed E-state index contributed by atoms with van der Waals surface area (Å²) in [6, 6.07) is 0.0225. The second-order valence-corrected chi connectivity index (χ2v) is 6.47. The molecule has 0 spiro atoms. The van der Waals surface area contributed by atoms with Gasteiger partial charge in [0.15, 0.2) is 0 Å². The maximum absolute atomic E-state index is 12.7. The minimum absolute atomic E-state index is 0.144. The van der Waals surface area contributed by atoms with Crippen LogP contribution in [0.25, 0.3) is 0 Å². The summed E-state index contributed by atoms with van der Waals surface area (Å²) in [4.78, 5) is 18.9. The fraction of sp³-hybridized carbons (Fsp3) is 0.600. The van der Waals surface area contributed by atoms with Crippen LogP contribution in [0, 0.1) is 0 Å². The molecular formula is C15H17ClF6N4O. The Morgan fingerprint density at radius 2 is 1.81 bits per heavy atom. The number of piperazine rings is 1. The number of aromatic nitrogens is 1. The summed E-state index contributed by atoms with van der Waals surface area (Å²) < 4.78 is 74.5. The van der Waals surface area contributed by atoms with Crippen LogP contribution in [-0.2, 0) is 11.0 Å². The van der Waals surface area contributed by atoms with Crippen LogP contribution >= 0.6 is 11.6 Å². The summed E-state index contributed by atoms with van der Waals surface area (Å²) in [6.07, 6.45) is -8.34. The molecule has 27 heavy (non-hydrogen) atoms. The molecule has 1 aromatic heterocycles. The van der Waals surface area contributed by atoms with Crippen molar-refractivity contribution in [2.45, 2.75) is 25.3 Å². The molecule has 152 valence electrons. The number of carbonyl (C=O) groups is 1. The fourth-order valence-corrected chi connectivity index (χ4v) is 2.93. The Bertz CT molecular complexity index is 673. The van der Waals surface area contributed by atoms with E-state index < -0.39 is 36.4 Å². The highest BCUT2D eigenvalue weighted by Crippen LogP contribution is 2.33. The first kappa shape index (κ1) is 21.5. The van der Waals surface area contributed by atoms with Crippen molar-refractivity contribution < 1.29 is 31.1 Å². The van der Waals surface area contributed by atoms with E-state index in [1.54, 1.807) is 9.80 Å². The third kappa shape index (κ3) is 5.86. The van der Waals surface area contributed by atoms with Gasteiger partial charge in [0.1, 0.15) is 12.4 Å². The zero-order chi connectivity index (χ0) is 20.4. The Kier molecular flexibility index (Phi) is 6.46. The van der Waals surface area contributed by atoms with Gasteiger partial charge < -0.3 is 10.2 Å². The average Bonchev–Trinajstić information content (AvgIpc) is 2.57. The van der Waals surface area contributed by atoms with Crippen molar-refractivity contribution >= 4 is 23.3 Å². The molecule has 1 fully saturated rings. The molecular weight excluding hydrogens is 402 g/mol. The highest BCUT2D eigenvalue weighted by molar-refractivity contribution is 6.33. The summed E-state index contributed by atoms with van der Waals surface area (Å²) in [5, 5.41) is 1.69. The lowest BCUT2D eigenvalue weighted by Crippen LogP contribution is -2.54. The molecule has 0 saturated carbocycles. The third-order valence-electron chi connectivity index (χ3n) is 4.15. The molecule has 1 amide bonds. The number of nitrogens with zero attached hydrogens (tertiary/aromatic N) is 3.